The van der Waals surface area contributed by atoms with Crippen molar-refractivity contribution in [3.05, 3.63) is 34.1 Å². The molecule has 5 nitrogen and oxygen atoms in total. The molecule has 0 radical (unpaired) electrons. The lowest BCUT2D eigenvalue weighted by Gasteiger charge is -2.10. The summed E-state index contributed by atoms with van der Waals surface area (Å²) in [4.78, 5) is 0. The summed E-state index contributed by atoms with van der Waals surface area (Å²) in [5.41, 5.74) is 3.19. The van der Waals surface area contributed by atoms with Crippen LogP contribution in [0, 0.1) is 6.92 Å². The Morgan fingerprint density at radius 2 is 2.22 bits per heavy atom. The first-order valence-electron chi connectivity index (χ1n) is 5.23. The number of phenols is 1. The predicted octanol–water partition coefficient (Wildman–Crippen LogP) is 2.67. The highest BCUT2D eigenvalue weighted by atomic mass is 79.9. The number of benzene rings is 1. The zero-order chi connectivity index (χ0) is 13.3. The van der Waals surface area contributed by atoms with E-state index < -0.39 is 0 Å². The van der Waals surface area contributed by atoms with Gasteiger partial charge in [-0.3, -0.25) is 4.68 Å². The third kappa shape index (κ3) is 2.11. The highest BCUT2D eigenvalue weighted by Gasteiger charge is 2.14. The standard InChI is InChI=1S/C12H12BrN3O2/c1-7-10(9-4-14-16(2)6-9)3-8(5-15-18)12(17)11(7)13/h3-6,17-18H,1-2H3/b15-5+. The Morgan fingerprint density at radius 1 is 1.50 bits per heavy atom. The van der Waals surface area contributed by atoms with Crippen molar-refractivity contribution in [3.8, 4) is 16.9 Å². The van der Waals surface area contributed by atoms with Crippen molar-refractivity contribution in [2.24, 2.45) is 12.2 Å². The average molecular weight is 310 g/mol. The number of rotatable bonds is 2. The molecule has 2 aromatic rings. The Labute approximate surface area is 112 Å². The van der Waals surface area contributed by atoms with Gasteiger partial charge >= 0.3 is 0 Å². The zero-order valence-corrected chi connectivity index (χ0v) is 11.5. The maximum absolute atomic E-state index is 9.92. The summed E-state index contributed by atoms with van der Waals surface area (Å²) < 4.78 is 2.29. The summed E-state index contributed by atoms with van der Waals surface area (Å²) in [5.74, 6) is 0.0536. The van der Waals surface area contributed by atoms with Gasteiger partial charge in [0.05, 0.1) is 16.9 Å². The van der Waals surface area contributed by atoms with E-state index in [1.165, 1.54) is 6.21 Å². The molecule has 0 atom stereocenters. The van der Waals surface area contributed by atoms with E-state index in [-0.39, 0.29) is 5.75 Å². The molecular formula is C12H12BrN3O2. The molecule has 0 bridgehead atoms. The first-order chi connectivity index (χ1) is 8.54. The van der Waals surface area contributed by atoms with Crippen molar-refractivity contribution in [1.82, 2.24) is 9.78 Å². The molecular weight excluding hydrogens is 298 g/mol. The Bertz CT molecular complexity index is 620. The van der Waals surface area contributed by atoms with E-state index >= 15 is 0 Å². The molecule has 1 heterocycles. The van der Waals surface area contributed by atoms with Crippen molar-refractivity contribution >= 4 is 22.1 Å². The number of hydrogen-bond acceptors (Lipinski definition) is 4. The molecule has 0 aliphatic carbocycles. The molecule has 0 saturated carbocycles. The Hall–Kier alpha value is -1.82. The number of phenolic OH excluding ortho intramolecular Hbond substituents is 1. The lowest BCUT2D eigenvalue weighted by molar-refractivity contribution is 0.321. The zero-order valence-electron chi connectivity index (χ0n) is 9.92. The van der Waals surface area contributed by atoms with Gasteiger partial charge in [-0.1, -0.05) is 5.16 Å². The van der Waals surface area contributed by atoms with E-state index in [2.05, 4.69) is 26.2 Å². The van der Waals surface area contributed by atoms with E-state index in [1.807, 2.05) is 20.2 Å². The van der Waals surface area contributed by atoms with Crippen LogP contribution in [-0.4, -0.2) is 26.3 Å². The number of aromatic hydroxyl groups is 1. The van der Waals surface area contributed by atoms with Gasteiger partial charge in [-0.15, -0.1) is 0 Å². The quantitative estimate of drug-likeness (QED) is 0.509. The number of nitrogens with zero attached hydrogens (tertiary/aromatic N) is 3. The fourth-order valence-electron chi connectivity index (χ4n) is 1.78. The van der Waals surface area contributed by atoms with Crippen LogP contribution in [0.1, 0.15) is 11.1 Å². The van der Waals surface area contributed by atoms with Crippen molar-refractivity contribution < 1.29 is 10.3 Å². The Morgan fingerprint density at radius 3 is 2.78 bits per heavy atom. The van der Waals surface area contributed by atoms with Gasteiger partial charge in [0, 0.05) is 24.4 Å². The smallest absolute Gasteiger partial charge is 0.138 e. The van der Waals surface area contributed by atoms with E-state index in [1.54, 1.807) is 16.9 Å². The molecule has 0 amide bonds. The van der Waals surface area contributed by atoms with Gasteiger partial charge in [-0.05, 0) is 40.0 Å². The van der Waals surface area contributed by atoms with Crippen molar-refractivity contribution in [3.63, 3.8) is 0 Å². The van der Waals surface area contributed by atoms with Crippen molar-refractivity contribution in [1.29, 1.82) is 0 Å². The van der Waals surface area contributed by atoms with Crippen LogP contribution in [0.25, 0.3) is 11.1 Å². The first kappa shape index (κ1) is 12.6. The molecule has 0 fully saturated rings. The Balaban J connectivity index is 2.68. The first-order valence-corrected chi connectivity index (χ1v) is 6.02. The minimum absolute atomic E-state index is 0.0536. The number of oxime groups is 1. The minimum Gasteiger partial charge on any atom is -0.506 e. The lowest BCUT2D eigenvalue weighted by Crippen LogP contribution is -1.91. The second kappa shape index (κ2) is 4.81. The minimum atomic E-state index is 0.0536. The van der Waals surface area contributed by atoms with E-state index in [0.717, 1.165) is 16.7 Å². The number of aryl methyl sites for hydroxylation is 1. The second-order valence-electron chi connectivity index (χ2n) is 3.95. The predicted molar refractivity (Wildman–Crippen MR) is 72.1 cm³/mol. The topological polar surface area (TPSA) is 70.6 Å². The van der Waals surface area contributed by atoms with Crippen LogP contribution in [0.3, 0.4) is 0 Å². The van der Waals surface area contributed by atoms with Gasteiger partial charge in [0.1, 0.15) is 5.75 Å². The summed E-state index contributed by atoms with van der Waals surface area (Å²) in [6.45, 7) is 1.89. The summed E-state index contributed by atoms with van der Waals surface area (Å²) in [7, 11) is 1.84. The van der Waals surface area contributed by atoms with Crippen LogP contribution in [0.5, 0.6) is 5.75 Å². The summed E-state index contributed by atoms with van der Waals surface area (Å²) in [6.07, 6.45) is 4.82. The molecule has 0 aliphatic rings. The lowest BCUT2D eigenvalue weighted by atomic mass is 10.00. The molecule has 1 aromatic carbocycles. The molecule has 0 aliphatic heterocycles. The number of aromatic nitrogens is 2. The maximum Gasteiger partial charge on any atom is 0.138 e. The van der Waals surface area contributed by atoms with E-state index in [0.29, 0.717) is 10.0 Å². The van der Waals surface area contributed by atoms with Gasteiger partial charge < -0.3 is 10.3 Å². The molecule has 2 rings (SSSR count). The number of halogens is 1. The summed E-state index contributed by atoms with van der Waals surface area (Å²) in [6, 6.07) is 1.76. The van der Waals surface area contributed by atoms with E-state index in [4.69, 9.17) is 5.21 Å². The van der Waals surface area contributed by atoms with Gasteiger partial charge in [-0.25, -0.2) is 0 Å². The highest BCUT2D eigenvalue weighted by Crippen LogP contribution is 2.37. The maximum atomic E-state index is 9.92. The van der Waals surface area contributed by atoms with Crippen molar-refractivity contribution in [2.75, 3.05) is 0 Å². The molecule has 0 saturated heterocycles. The molecule has 2 N–H and O–H groups in total. The van der Waals surface area contributed by atoms with Crippen LogP contribution in [0.4, 0.5) is 0 Å². The summed E-state index contributed by atoms with van der Waals surface area (Å²) >= 11 is 3.33. The monoisotopic (exact) mass is 309 g/mol. The Kier molecular flexibility index (Phi) is 3.38. The van der Waals surface area contributed by atoms with Crippen LogP contribution >= 0.6 is 15.9 Å². The van der Waals surface area contributed by atoms with Crippen LogP contribution in [0.15, 0.2) is 28.1 Å². The SMILES string of the molecule is Cc1c(-c2cnn(C)c2)cc(/C=N/O)c(O)c1Br. The van der Waals surface area contributed by atoms with Gasteiger partial charge in [0.15, 0.2) is 0 Å². The number of hydrogen-bond donors (Lipinski definition) is 2. The normalized spacial score (nSPS) is 11.3. The second-order valence-corrected chi connectivity index (χ2v) is 4.74. The molecule has 94 valence electrons. The molecule has 0 unspecified atom stereocenters. The van der Waals surface area contributed by atoms with E-state index in [9.17, 15) is 5.11 Å². The van der Waals surface area contributed by atoms with Crippen LogP contribution in [0.2, 0.25) is 0 Å². The highest BCUT2D eigenvalue weighted by molar-refractivity contribution is 9.10. The molecule has 0 spiro atoms. The third-order valence-corrected chi connectivity index (χ3v) is 3.70. The molecule has 18 heavy (non-hydrogen) atoms. The fourth-order valence-corrected chi connectivity index (χ4v) is 2.22. The third-order valence-electron chi connectivity index (χ3n) is 2.73. The fraction of sp³-hybridized carbons (Fsp3) is 0.167. The van der Waals surface area contributed by atoms with Crippen molar-refractivity contribution in [2.45, 2.75) is 6.92 Å². The van der Waals surface area contributed by atoms with Gasteiger partial charge in [0.25, 0.3) is 0 Å². The van der Waals surface area contributed by atoms with Crippen LogP contribution < -0.4 is 0 Å². The van der Waals surface area contributed by atoms with Gasteiger partial charge in [0.2, 0.25) is 0 Å². The van der Waals surface area contributed by atoms with Gasteiger partial charge in [-0.2, -0.15) is 5.10 Å². The largest absolute Gasteiger partial charge is 0.506 e. The molecule has 1 aromatic heterocycles. The average Bonchev–Trinajstić information content (AvgIpc) is 2.76. The molecule has 6 heteroatoms. The summed E-state index contributed by atoms with van der Waals surface area (Å²) in [5, 5.41) is 25.6. The van der Waals surface area contributed by atoms with Crippen LogP contribution in [-0.2, 0) is 7.05 Å².